The van der Waals surface area contributed by atoms with E-state index in [9.17, 15) is 4.79 Å². The predicted octanol–water partition coefficient (Wildman–Crippen LogP) is 4.71. The van der Waals surface area contributed by atoms with Crippen LogP contribution in [0.25, 0.3) is 10.9 Å². The molecule has 0 fully saturated rings. The summed E-state index contributed by atoms with van der Waals surface area (Å²) in [6, 6.07) is 4.00. The van der Waals surface area contributed by atoms with E-state index in [1.54, 1.807) is 6.20 Å². The van der Waals surface area contributed by atoms with Gasteiger partial charge < -0.3 is 9.72 Å². The Labute approximate surface area is 131 Å². The van der Waals surface area contributed by atoms with E-state index >= 15 is 0 Å². The van der Waals surface area contributed by atoms with Crippen LogP contribution in [0.4, 0.5) is 0 Å². The Balaban J connectivity index is 2.51. The van der Waals surface area contributed by atoms with E-state index in [1.807, 2.05) is 26.8 Å². The Bertz CT molecular complexity index is 687. The van der Waals surface area contributed by atoms with Crippen molar-refractivity contribution in [1.29, 1.82) is 0 Å². The molecule has 4 heteroatoms. The van der Waals surface area contributed by atoms with Gasteiger partial charge in [-0.15, -0.1) is 12.6 Å². The molecule has 0 atom stereocenters. The van der Waals surface area contributed by atoms with Crippen LogP contribution in [0.3, 0.4) is 0 Å². The summed E-state index contributed by atoms with van der Waals surface area (Å²) >= 11 is 4.58. The fourth-order valence-electron chi connectivity index (χ4n) is 2.26. The van der Waals surface area contributed by atoms with Gasteiger partial charge in [0.1, 0.15) is 5.60 Å². The maximum atomic E-state index is 12.3. The van der Waals surface area contributed by atoms with Gasteiger partial charge in [0.05, 0.1) is 5.56 Å². The van der Waals surface area contributed by atoms with Crippen LogP contribution in [0, 0.1) is 0 Å². The second-order valence-corrected chi connectivity index (χ2v) is 7.85. The third kappa shape index (κ3) is 3.43. The third-order valence-electron chi connectivity index (χ3n) is 3.22. The number of benzene rings is 1. The SMILES string of the molecule is CC(C)(C)OC(=O)c1c[nH]c2cc(C(C)(C)C)c(S)cc12. The third-order valence-corrected chi connectivity index (χ3v) is 3.59. The summed E-state index contributed by atoms with van der Waals surface area (Å²) < 4.78 is 5.44. The molecule has 0 spiro atoms. The zero-order valence-corrected chi connectivity index (χ0v) is 14.4. The Hall–Kier alpha value is -1.42. The summed E-state index contributed by atoms with van der Waals surface area (Å²) in [7, 11) is 0. The average Bonchev–Trinajstić information content (AvgIpc) is 2.66. The molecule has 114 valence electrons. The van der Waals surface area contributed by atoms with Crippen molar-refractivity contribution in [3.8, 4) is 0 Å². The number of aromatic amines is 1. The summed E-state index contributed by atoms with van der Waals surface area (Å²) in [6.45, 7) is 12.0. The van der Waals surface area contributed by atoms with Crippen molar-refractivity contribution in [3.63, 3.8) is 0 Å². The normalized spacial score (nSPS) is 12.7. The lowest BCUT2D eigenvalue weighted by Gasteiger charge is -2.21. The maximum Gasteiger partial charge on any atom is 0.340 e. The predicted molar refractivity (Wildman–Crippen MR) is 89.4 cm³/mol. The molecule has 0 aliphatic heterocycles. The molecule has 0 aliphatic rings. The molecule has 1 heterocycles. The van der Waals surface area contributed by atoms with Crippen LogP contribution in [-0.2, 0) is 10.2 Å². The van der Waals surface area contributed by atoms with Crippen LogP contribution >= 0.6 is 12.6 Å². The largest absolute Gasteiger partial charge is 0.456 e. The molecule has 0 amide bonds. The molecule has 0 saturated carbocycles. The van der Waals surface area contributed by atoms with E-state index in [4.69, 9.17) is 4.74 Å². The van der Waals surface area contributed by atoms with Gasteiger partial charge in [-0.05, 0) is 43.9 Å². The van der Waals surface area contributed by atoms with Crippen LogP contribution in [-0.4, -0.2) is 16.6 Å². The minimum atomic E-state index is -0.504. The summed E-state index contributed by atoms with van der Waals surface area (Å²) in [5.74, 6) is -0.315. The van der Waals surface area contributed by atoms with E-state index < -0.39 is 5.60 Å². The first-order chi connectivity index (χ1) is 9.49. The molecular formula is C17H23NO2S. The monoisotopic (exact) mass is 305 g/mol. The molecule has 2 aromatic rings. The number of fused-ring (bicyclic) bond motifs is 1. The van der Waals surface area contributed by atoms with Gasteiger partial charge in [0.25, 0.3) is 0 Å². The second-order valence-electron chi connectivity index (χ2n) is 7.37. The van der Waals surface area contributed by atoms with Crippen LogP contribution < -0.4 is 0 Å². The minimum absolute atomic E-state index is 0.00245. The maximum absolute atomic E-state index is 12.3. The van der Waals surface area contributed by atoms with E-state index in [-0.39, 0.29) is 11.4 Å². The van der Waals surface area contributed by atoms with E-state index in [0.29, 0.717) is 5.56 Å². The first-order valence-electron chi connectivity index (χ1n) is 7.07. The average molecular weight is 305 g/mol. The Morgan fingerprint density at radius 3 is 2.29 bits per heavy atom. The number of aromatic nitrogens is 1. The van der Waals surface area contributed by atoms with Crippen molar-refractivity contribution >= 4 is 29.5 Å². The van der Waals surface area contributed by atoms with Gasteiger partial charge in [-0.25, -0.2) is 4.79 Å². The summed E-state index contributed by atoms with van der Waals surface area (Å²) in [5.41, 5.74) is 2.13. The molecule has 0 radical (unpaired) electrons. The number of hydrogen-bond donors (Lipinski definition) is 2. The first-order valence-corrected chi connectivity index (χ1v) is 7.52. The first kappa shape index (κ1) is 16.0. The second kappa shape index (κ2) is 5.09. The highest BCUT2D eigenvalue weighted by molar-refractivity contribution is 7.80. The topological polar surface area (TPSA) is 42.1 Å². The molecule has 0 bridgehead atoms. The number of nitrogens with one attached hydrogen (secondary N) is 1. The number of H-pyrrole nitrogens is 1. The van der Waals surface area contributed by atoms with Crippen LogP contribution in [0.5, 0.6) is 0 Å². The summed E-state index contributed by atoms with van der Waals surface area (Å²) in [6.07, 6.45) is 1.71. The Morgan fingerprint density at radius 1 is 1.14 bits per heavy atom. The van der Waals surface area contributed by atoms with Gasteiger partial charge in [0, 0.05) is 22.0 Å². The molecule has 1 aromatic heterocycles. The van der Waals surface area contributed by atoms with E-state index in [2.05, 4.69) is 44.5 Å². The van der Waals surface area contributed by atoms with Crippen molar-refractivity contribution < 1.29 is 9.53 Å². The Morgan fingerprint density at radius 2 is 1.76 bits per heavy atom. The van der Waals surface area contributed by atoms with Gasteiger partial charge in [-0.2, -0.15) is 0 Å². The van der Waals surface area contributed by atoms with Gasteiger partial charge >= 0.3 is 5.97 Å². The van der Waals surface area contributed by atoms with E-state index in [0.717, 1.165) is 21.4 Å². The highest BCUT2D eigenvalue weighted by atomic mass is 32.1. The zero-order valence-electron chi connectivity index (χ0n) is 13.5. The van der Waals surface area contributed by atoms with Gasteiger partial charge in [0.15, 0.2) is 0 Å². The molecule has 0 unspecified atom stereocenters. The molecule has 1 aromatic carbocycles. The lowest BCUT2D eigenvalue weighted by molar-refractivity contribution is 0.00719. The summed E-state index contributed by atoms with van der Waals surface area (Å²) in [5, 5.41) is 0.849. The van der Waals surface area contributed by atoms with Crippen LogP contribution in [0.1, 0.15) is 57.5 Å². The number of carbonyl (C=O) groups excluding carboxylic acids is 1. The standard InChI is InChI=1S/C17H23NO2S/c1-16(2,3)12-8-13-10(7-14(12)21)11(9-18-13)15(19)20-17(4,5)6/h7-9,18,21H,1-6H3. The van der Waals surface area contributed by atoms with Gasteiger partial charge in [-0.1, -0.05) is 20.8 Å². The number of carbonyl (C=O) groups is 1. The lowest BCUT2D eigenvalue weighted by atomic mass is 9.86. The molecule has 0 aliphatic carbocycles. The van der Waals surface area contributed by atoms with Crippen molar-refractivity contribution in [2.75, 3.05) is 0 Å². The zero-order chi connectivity index (χ0) is 16.0. The molecule has 21 heavy (non-hydrogen) atoms. The number of hydrogen-bond acceptors (Lipinski definition) is 3. The molecule has 1 N–H and O–H groups in total. The van der Waals surface area contributed by atoms with Gasteiger partial charge in [-0.3, -0.25) is 0 Å². The fraction of sp³-hybridized carbons (Fsp3) is 0.471. The molecule has 3 nitrogen and oxygen atoms in total. The number of ether oxygens (including phenoxy) is 1. The molecule has 0 saturated heterocycles. The molecule has 2 rings (SSSR count). The van der Waals surface area contributed by atoms with Crippen LogP contribution in [0.15, 0.2) is 23.2 Å². The number of rotatable bonds is 1. The highest BCUT2D eigenvalue weighted by Gasteiger charge is 2.23. The van der Waals surface area contributed by atoms with Crippen LogP contribution in [0.2, 0.25) is 0 Å². The quantitative estimate of drug-likeness (QED) is 0.592. The van der Waals surface area contributed by atoms with Crippen molar-refractivity contribution in [1.82, 2.24) is 4.98 Å². The highest BCUT2D eigenvalue weighted by Crippen LogP contribution is 2.33. The summed E-state index contributed by atoms with van der Waals surface area (Å²) in [4.78, 5) is 16.3. The Kier molecular flexibility index (Phi) is 3.87. The van der Waals surface area contributed by atoms with E-state index in [1.165, 1.54) is 0 Å². The fourth-order valence-corrected chi connectivity index (χ4v) is 2.79. The van der Waals surface area contributed by atoms with Crippen molar-refractivity contribution in [3.05, 3.63) is 29.5 Å². The van der Waals surface area contributed by atoms with Gasteiger partial charge in [0.2, 0.25) is 0 Å². The molecular weight excluding hydrogens is 282 g/mol. The lowest BCUT2D eigenvalue weighted by Crippen LogP contribution is -2.23. The minimum Gasteiger partial charge on any atom is -0.456 e. The van der Waals surface area contributed by atoms with Crippen molar-refractivity contribution in [2.24, 2.45) is 0 Å². The number of esters is 1. The number of thiol groups is 1. The van der Waals surface area contributed by atoms with Crippen molar-refractivity contribution in [2.45, 2.75) is 57.5 Å². The smallest absolute Gasteiger partial charge is 0.340 e.